The summed E-state index contributed by atoms with van der Waals surface area (Å²) in [6, 6.07) is 0. The molecule has 0 heterocycles. The Hall–Kier alpha value is -0.860. The van der Waals surface area contributed by atoms with Crippen molar-refractivity contribution >= 4 is 11.8 Å². The molecule has 0 rings (SSSR count). The molecule has 0 spiro atoms. The summed E-state index contributed by atoms with van der Waals surface area (Å²) in [6.45, 7) is 8.39. The van der Waals surface area contributed by atoms with Gasteiger partial charge in [0.15, 0.2) is 0 Å². The highest BCUT2D eigenvalue weighted by atomic mass is 16.5. The third-order valence-electron chi connectivity index (χ3n) is 6.99. The first-order valence-corrected chi connectivity index (χ1v) is 15.2. The van der Waals surface area contributed by atoms with Crippen molar-refractivity contribution in [3.05, 3.63) is 0 Å². The SMILES string of the molecule is CCCCCCCCCCCCCC(=O)O[C@@H](CCCCCCCCCCC)CC(=O)C(C)C. The maximum Gasteiger partial charge on any atom is 0.306 e. The number of carbonyl (C=O) groups excluding carboxylic acids is 2. The highest BCUT2D eigenvalue weighted by molar-refractivity contribution is 5.81. The van der Waals surface area contributed by atoms with Crippen molar-refractivity contribution in [2.75, 3.05) is 0 Å². The van der Waals surface area contributed by atoms with Gasteiger partial charge in [-0.1, -0.05) is 143 Å². The second kappa shape index (κ2) is 25.2. The van der Waals surface area contributed by atoms with E-state index < -0.39 is 0 Å². The van der Waals surface area contributed by atoms with Crippen LogP contribution < -0.4 is 0 Å². The molecule has 34 heavy (non-hydrogen) atoms. The first-order chi connectivity index (χ1) is 16.5. The third kappa shape index (κ3) is 22.9. The van der Waals surface area contributed by atoms with Crippen LogP contribution in [0.5, 0.6) is 0 Å². The van der Waals surface area contributed by atoms with Gasteiger partial charge in [-0.25, -0.2) is 0 Å². The van der Waals surface area contributed by atoms with Crippen molar-refractivity contribution in [3.8, 4) is 0 Å². The normalized spacial score (nSPS) is 12.3. The number of unbranched alkanes of at least 4 members (excludes halogenated alkanes) is 18. The Kier molecular flexibility index (Phi) is 24.6. The number of Topliss-reactive ketones (excluding diaryl/α,β-unsaturated/α-hetero) is 1. The monoisotopic (exact) mass is 480 g/mol. The van der Waals surface area contributed by atoms with Crippen molar-refractivity contribution in [3.63, 3.8) is 0 Å². The van der Waals surface area contributed by atoms with Gasteiger partial charge in [0.1, 0.15) is 11.9 Å². The molecule has 0 radical (unpaired) electrons. The molecule has 0 unspecified atom stereocenters. The number of carbonyl (C=O) groups is 2. The van der Waals surface area contributed by atoms with Crippen LogP contribution in [0, 0.1) is 5.92 Å². The zero-order valence-corrected chi connectivity index (χ0v) is 23.6. The molecule has 0 aliphatic heterocycles. The summed E-state index contributed by atoms with van der Waals surface area (Å²) in [5.41, 5.74) is 0. The first kappa shape index (κ1) is 33.1. The van der Waals surface area contributed by atoms with Crippen LogP contribution in [0.25, 0.3) is 0 Å². The molecule has 0 aliphatic carbocycles. The molecular weight excluding hydrogens is 420 g/mol. The van der Waals surface area contributed by atoms with Gasteiger partial charge in [0, 0.05) is 18.8 Å². The van der Waals surface area contributed by atoms with Gasteiger partial charge in [-0.05, 0) is 19.3 Å². The van der Waals surface area contributed by atoms with Crippen molar-refractivity contribution in [1.29, 1.82) is 0 Å². The summed E-state index contributed by atoms with van der Waals surface area (Å²) in [5, 5.41) is 0. The number of hydrogen-bond acceptors (Lipinski definition) is 3. The van der Waals surface area contributed by atoms with E-state index in [4.69, 9.17) is 4.74 Å². The Morgan fingerprint density at radius 1 is 0.559 bits per heavy atom. The fraction of sp³-hybridized carbons (Fsp3) is 0.935. The van der Waals surface area contributed by atoms with Gasteiger partial charge in [0.2, 0.25) is 0 Å². The largest absolute Gasteiger partial charge is 0.462 e. The molecule has 0 aromatic heterocycles. The maximum atomic E-state index is 12.4. The molecule has 0 fully saturated rings. The van der Waals surface area contributed by atoms with Gasteiger partial charge in [-0.3, -0.25) is 9.59 Å². The fourth-order valence-corrected chi connectivity index (χ4v) is 4.52. The van der Waals surface area contributed by atoms with Crippen LogP contribution in [0.1, 0.15) is 175 Å². The predicted molar refractivity (Wildman–Crippen MR) is 147 cm³/mol. The lowest BCUT2D eigenvalue weighted by atomic mass is 9.98. The van der Waals surface area contributed by atoms with Crippen LogP contribution in [-0.4, -0.2) is 17.9 Å². The summed E-state index contributed by atoms with van der Waals surface area (Å²) >= 11 is 0. The molecule has 1 atom stereocenters. The fourth-order valence-electron chi connectivity index (χ4n) is 4.52. The molecule has 0 aliphatic rings. The zero-order chi connectivity index (χ0) is 25.3. The highest BCUT2D eigenvalue weighted by Gasteiger charge is 2.19. The number of rotatable bonds is 26. The minimum Gasteiger partial charge on any atom is -0.462 e. The van der Waals surface area contributed by atoms with E-state index in [0.717, 1.165) is 25.7 Å². The summed E-state index contributed by atoms with van der Waals surface area (Å²) in [4.78, 5) is 24.7. The average molecular weight is 481 g/mol. The van der Waals surface area contributed by atoms with E-state index in [-0.39, 0.29) is 23.8 Å². The van der Waals surface area contributed by atoms with Crippen LogP contribution in [0.4, 0.5) is 0 Å². The first-order valence-electron chi connectivity index (χ1n) is 15.2. The van der Waals surface area contributed by atoms with E-state index in [1.54, 1.807) is 0 Å². The lowest BCUT2D eigenvalue weighted by molar-refractivity contribution is -0.151. The van der Waals surface area contributed by atoms with Gasteiger partial charge in [-0.15, -0.1) is 0 Å². The van der Waals surface area contributed by atoms with Gasteiger partial charge < -0.3 is 4.74 Å². The summed E-state index contributed by atoms with van der Waals surface area (Å²) < 4.78 is 5.78. The molecule has 0 saturated heterocycles. The molecule has 0 amide bonds. The minimum atomic E-state index is -0.223. The lowest BCUT2D eigenvalue weighted by Crippen LogP contribution is -2.23. The molecule has 0 aromatic rings. The molecular formula is C31H60O3. The van der Waals surface area contributed by atoms with Gasteiger partial charge >= 0.3 is 5.97 Å². The van der Waals surface area contributed by atoms with Gasteiger partial charge in [0.05, 0.1) is 0 Å². The minimum absolute atomic E-state index is 0.0102. The second-order valence-electron chi connectivity index (χ2n) is 10.8. The third-order valence-corrected chi connectivity index (χ3v) is 6.99. The van der Waals surface area contributed by atoms with E-state index in [1.165, 1.54) is 109 Å². The molecule has 0 N–H and O–H groups in total. The Morgan fingerprint density at radius 3 is 1.35 bits per heavy atom. The second-order valence-corrected chi connectivity index (χ2v) is 10.8. The maximum absolute atomic E-state index is 12.4. The molecule has 3 heteroatoms. The molecule has 0 saturated carbocycles. The quantitative estimate of drug-likeness (QED) is 0.0913. The van der Waals surface area contributed by atoms with E-state index in [2.05, 4.69) is 13.8 Å². The van der Waals surface area contributed by atoms with Gasteiger partial charge in [-0.2, -0.15) is 0 Å². The Labute approximate surface area is 213 Å². The van der Waals surface area contributed by atoms with Crippen LogP contribution in [0.2, 0.25) is 0 Å². The van der Waals surface area contributed by atoms with Crippen LogP contribution in [-0.2, 0) is 14.3 Å². The number of ether oxygens (including phenoxy) is 1. The van der Waals surface area contributed by atoms with E-state index in [0.29, 0.717) is 12.8 Å². The molecule has 202 valence electrons. The molecule has 3 nitrogen and oxygen atoms in total. The van der Waals surface area contributed by atoms with E-state index >= 15 is 0 Å². The van der Waals surface area contributed by atoms with Crippen molar-refractivity contribution in [2.24, 2.45) is 5.92 Å². The average Bonchev–Trinajstić information content (AvgIpc) is 2.81. The van der Waals surface area contributed by atoms with Crippen LogP contribution >= 0.6 is 0 Å². The Bertz CT molecular complexity index is 458. The summed E-state index contributed by atoms with van der Waals surface area (Å²) in [6.07, 6.45) is 27.1. The summed E-state index contributed by atoms with van der Waals surface area (Å²) in [5.74, 6) is 0.118. The van der Waals surface area contributed by atoms with E-state index in [9.17, 15) is 9.59 Å². The topological polar surface area (TPSA) is 43.4 Å². The smallest absolute Gasteiger partial charge is 0.306 e. The van der Waals surface area contributed by atoms with Gasteiger partial charge in [0.25, 0.3) is 0 Å². The number of esters is 1. The lowest BCUT2D eigenvalue weighted by Gasteiger charge is -2.18. The van der Waals surface area contributed by atoms with E-state index in [1.807, 2.05) is 13.8 Å². The van der Waals surface area contributed by atoms with Crippen LogP contribution in [0.3, 0.4) is 0 Å². The van der Waals surface area contributed by atoms with Crippen LogP contribution in [0.15, 0.2) is 0 Å². The Balaban J connectivity index is 3.94. The number of hydrogen-bond donors (Lipinski definition) is 0. The van der Waals surface area contributed by atoms with Crippen molar-refractivity contribution in [2.45, 2.75) is 181 Å². The summed E-state index contributed by atoms with van der Waals surface area (Å²) in [7, 11) is 0. The molecule has 0 aromatic carbocycles. The standard InChI is InChI=1S/C31H60O3/c1-5-7-9-11-13-15-16-18-20-22-24-26-31(33)34-29(27-30(32)28(3)4)25-23-21-19-17-14-12-10-8-6-2/h28-29H,5-27H2,1-4H3/t29-/m0/s1. The zero-order valence-electron chi connectivity index (χ0n) is 23.6. The Morgan fingerprint density at radius 2 is 0.941 bits per heavy atom. The van der Waals surface area contributed by atoms with Crippen molar-refractivity contribution in [1.82, 2.24) is 0 Å². The highest BCUT2D eigenvalue weighted by Crippen LogP contribution is 2.18. The predicted octanol–water partition coefficient (Wildman–Crippen LogP) is 10.1. The molecule has 0 bridgehead atoms. The number of ketones is 1. The van der Waals surface area contributed by atoms with Crippen molar-refractivity contribution < 1.29 is 14.3 Å².